The molecule has 0 aliphatic heterocycles. The van der Waals surface area contributed by atoms with Crippen LogP contribution in [0.4, 0.5) is 5.13 Å². The van der Waals surface area contributed by atoms with Gasteiger partial charge in [-0.15, -0.1) is 11.3 Å². The van der Waals surface area contributed by atoms with Gasteiger partial charge in [0.05, 0.1) is 5.69 Å². The molecule has 1 N–H and O–H groups in total. The van der Waals surface area contributed by atoms with Crippen LogP contribution in [0.15, 0.2) is 60.0 Å². The molecule has 0 unspecified atom stereocenters. The summed E-state index contributed by atoms with van der Waals surface area (Å²) in [5, 5.41) is 6.37. The first-order chi connectivity index (χ1) is 15.6. The van der Waals surface area contributed by atoms with Crippen LogP contribution in [0, 0.1) is 0 Å². The minimum atomic E-state index is -0.00697. The quantitative estimate of drug-likeness (QED) is 0.274. The van der Waals surface area contributed by atoms with Crippen molar-refractivity contribution in [2.75, 3.05) is 11.1 Å². The number of benzene rings is 2. The number of aromatic nitrogens is 1. The number of nitrogens with zero attached hydrogens (tertiary/aromatic N) is 1. The predicted octanol–water partition coefficient (Wildman–Crippen LogP) is 7.25. The van der Waals surface area contributed by atoms with Crippen LogP contribution in [0.5, 0.6) is 0 Å². The van der Waals surface area contributed by atoms with E-state index in [9.17, 15) is 9.59 Å². The van der Waals surface area contributed by atoms with Gasteiger partial charge in [0.2, 0.25) is 5.91 Å². The van der Waals surface area contributed by atoms with E-state index in [1.807, 2.05) is 47.8 Å². The molecule has 1 aromatic heterocycles. The summed E-state index contributed by atoms with van der Waals surface area (Å²) in [7, 11) is 0. The summed E-state index contributed by atoms with van der Waals surface area (Å²) in [5.74, 6) is 0.847. The Morgan fingerprint density at radius 2 is 1.69 bits per heavy atom. The number of carbonyl (C=O) groups is 2. The molecule has 0 saturated heterocycles. The summed E-state index contributed by atoms with van der Waals surface area (Å²) < 4.78 is 0. The van der Waals surface area contributed by atoms with Crippen molar-refractivity contribution in [2.45, 2.75) is 44.9 Å². The lowest BCUT2D eigenvalue weighted by Crippen LogP contribution is -2.10. The standard InChI is InChI=1S/C25H27ClN2O2S2/c26-21-14-12-20(13-15-21)22-18-32-25(27-22)28-23(29)10-6-1-2-7-17-31-24(30)16-11-19-8-4-3-5-9-19/h3-5,8-9,12-15,18H,1-2,6-7,10-11,16-17H2,(H,27,28,29). The second-order valence-corrected chi connectivity index (χ2v) is 9.91. The van der Waals surface area contributed by atoms with Crippen molar-refractivity contribution in [1.29, 1.82) is 0 Å². The van der Waals surface area contributed by atoms with Crippen LogP contribution in [-0.2, 0) is 16.0 Å². The molecule has 4 nitrogen and oxygen atoms in total. The third-order valence-electron chi connectivity index (χ3n) is 4.91. The summed E-state index contributed by atoms with van der Waals surface area (Å²) in [5.41, 5.74) is 3.01. The van der Waals surface area contributed by atoms with E-state index in [-0.39, 0.29) is 11.0 Å². The minimum Gasteiger partial charge on any atom is -0.302 e. The Bertz CT molecular complexity index is 991. The largest absolute Gasteiger partial charge is 0.302 e. The van der Waals surface area contributed by atoms with E-state index in [2.05, 4.69) is 22.4 Å². The number of anilines is 1. The number of thioether (sulfide) groups is 1. The van der Waals surface area contributed by atoms with Crippen molar-refractivity contribution in [2.24, 2.45) is 0 Å². The van der Waals surface area contributed by atoms with Gasteiger partial charge in [-0.1, -0.05) is 78.7 Å². The molecule has 3 aromatic rings. The number of carbonyl (C=O) groups excluding carboxylic acids is 2. The van der Waals surface area contributed by atoms with Gasteiger partial charge in [0, 0.05) is 34.6 Å². The number of aryl methyl sites for hydroxylation is 1. The van der Waals surface area contributed by atoms with Crippen molar-refractivity contribution in [1.82, 2.24) is 4.98 Å². The predicted molar refractivity (Wildman–Crippen MR) is 137 cm³/mol. The highest BCUT2D eigenvalue weighted by molar-refractivity contribution is 8.13. The highest BCUT2D eigenvalue weighted by atomic mass is 35.5. The number of nitrogens with one attached hydrogen (secondary N) is 1. The van der Waals surface area contributed by atoms with Crippen LogP contribution in [0.1, 0.15) is 44.1 Å². The van der Waals surface area contributed by atoms with Crippen LogP contribution in [-0.4, -0.2) is 21.8 Å². The van der Waals surface area contributed by atoms with Gasteiger partial charge >= 0.3 is 0 Å². The molecule has 2 aromatic carbocycles. The molecule has 0 radical (unpaired) electrons. The zero-order valence-electron chi connectivity index (χ0n) is 17.9. The molecule has 7 heteroatoms. The van der Waals surface area contributed by atoms with Crippen LogP contribution in [0.25, 0.3) is 11.3 Å². The number of halogens is 1. The zero-order valence-corrected chi connectivity index (χ0v) is 20.3. The molecule has 0 bridgehead atoms. The Hall–Kier alpha value is -2.15. The fourth-order valence-electron chi connectivity index (χ4n) is 3.16. The Morgan fingerprint density at radius 3 is 2.47 bits per heavy atom. The number of unbranched alkanes of at least 4 members (excludes halogenated alkanes) is 3. The van der Waals surface area contributed by atoms with Crippen molar-refractivity contribution in [3.05, 3.63) is 70.6 Å². The lowest BCUT2D eigenvalue weighted by atomic mass is 10.1. The topological polar surface area (TPSA) is 59.1 Å². The molecule has 32 heavy (non-hydrogen) atoms. The highest BCUT2D eigenvalue weighted by Crippen LogP contribution is 2.26. The number of thiazole rings is 1. The molecule has 168 valence electrons. The number of amides is 1. The van der Waals surface area contributed by atoms with E-state index in [0.717, 1.165) is 49.1 Å². The van der Waals surface area contributed by atoms with E-state index in [4.69, 9.17) is 11.6 Å². The third kappa shape index (κ3) is 8.77. The molecule has 0 fully saturated rings. The Labute approximate surface area is 202 Å². The smallest absolute Gasteiger partial charge is 0.226 e. The average molecular weight is 487 g/mol. The molecular weight excluding hydrogens is 460 g/mol. The van der Waals surface area contributed by atoms with E-state index in [1.54, 1.807) is 0 Å². The lowest BCUT2D eigenvalue weighted by Gasteiger charge is -2.03. The summed E-state index contributed by atoms with van der Waals surface area (Å²) in [6.07, 6.45) is 5.74. The normalized spacial score (nSPS) is 10.8. The van der Waals surface area contributed by atoms with Gasteiger partial charge in [-0.3, -0.25) is 9.59 Å². The van der Waals surface area contributed by atoms with Gasteiger partial charge in [0.25, 0.3) is 0 Å². The number of hydrogen-bond acceptors (Lipinski definition) is 5. The van der Waals surface area contributed by atoms with Gasteiger partial charge in [-0.05, 0) is 37.0 Å². The average Bonchev–Trinajstić information content (AvgIpc) is 3.26. The number of rotatable bonds is 12. The monoisotopic (exact) mass is 486 g/mol. The first kappa shape index (κ1) is 24.5. The Balaban J connectivity index is 1.23. The Kier molecular flexibility index (Phi) is 10.3. The summed E-state index contributed by atoms with van der Waals surface area (Å²) in [6, 6.07) is 17.6. The SMILES string of the molecule is O=C(CCCCCCSC(=O)CCc1ccccc1)Nc1nc(-c2ccc(Cl)cc2)cs1. The zero-order chi connectivity index (χ0) is 22.6. The lowest BCUT2D eigenvalue weighted by molar-refractivity contribution is -0.116. The van der Waals surface area contributed by atoms with Crippen molar-refractivity contribution < 1.29 is 9.59 Å². The van der Waals surface area contributed by atoms with Crippen LogP contribution in [0.3, 0.4) is 0 Å². The molecule has 0 aliphatic carbocycles. The molecule has 3 rings (SSSR count). The molecule has 0 spiro atoms. The first-order valence-corrected chi connectivity index (χ1v) is 13.1. The fourth-order valence-corrected chi connectivity index (χ4v) is 4.84. The van der Waals surface area contributed by atoms with Gasteiger partial charge in [0.15, 0.2) is 10.2 Å². The summed E-state index contributed by atoms with van der Waals surface area (Å²) in [6.45, 7) is 0. The molecule has 1 heterocycles. The van der Waals surface area contributed by atoms with Crippen molar-refractivity contribution in [3.63, 3.8) is 0 Å². The maximum atomic E-state index is 12.2. The third-order valence-corrected chi connectivity index (χ3v) is 6.94. The van der Waals surface area contributed by atoms with E-state index < -0.39 is 0 Å². The van der Waals surface area contributed by atoms with Gasteiger partial charge in [0.1, 0.15) is 0 Å². The van der Waals surface area contributed by atoms with Crippen LogP contribution < -0.4 is 5.32 Å². The second kappa shape index (κ2) is 13.4. The van der Waals surface area contributed by atoms with Gasteiger partial charge in [-0.2, -0.15) is 0 Å². The molecule has 0 atom stereocenters. The molecule has 0 aliphatic rings. The van der Waals surface area contributed by atoms with E-state index >= 15 is 0 Å². The molecule has 1 amide bonds. The van der Waals surface area contributed by atoms with Crippen molar-refractivity contribution in [3.8, 4) is 11.3 Å². The maximum Gasteiger partial charge on any atom is 0.226 e. The molecular formula is C25H27ClN2O2S2. The Morgan fingerprint density at radius 1 is 0.938 bits per heavy atom. The summed E-state index contributed by atoms with van der Waals surface area (Å²) >= 11 is 8.77. The van der Waals surface area contributed by atoms with E-state index in [1.165, 1.54) is 28.7 Å². The molecule has 0 saturated carbocycles. The first-order valence-electron chi connectivity index (χ1n) is 10.8. The van der Waals surface area contributed by atoms with Gasteiger partial charge < -0.3 is 5.32 Å². The summed E-state index contributed by atoms with van der Waals surface area (Å²) in [4.78, 5) is 28.6. The second-order valence-electron chi connectivity index (χ2n) is 7.46. The minimum absolute atomic E-state index is 0.00697. The van der Waals surface area contributed by atoms with Gasteiger partial charge in [-0.25, -0.2) is 4.98 Å². The highest BCUT2D eigenvalue weighted by Gasteiger charge is 2.08. The fraction of sp³-hybridized carbons (Fsp3) is 0.320. The van der Waals surface area contributed by atoms with Crippen LogP contribution in [0.2, 0.25) is 5.02 Å². The van der Waals surface area contributed by atoms with E-state index in [0.29, 0.717) is 23.0 Å². The van der Waals surface area contributed by atoms with Crippen molar-refractivity contribution >= 4 is 50.9 Å². The maximum absolute atomic E-state index is 12.2. The van der Waals surface area contributed by atoms with Crippen LogP contribution >= 0.6 is 34.7 Å². The number of hydrogen-bond donors (Lipinski definition) is 1.